The van der Waals surface area contributed by atoms with Crippen molar-refractivity contribution in [2.45, 2.75) is 38.0 Å². The molecule has 1 saturated carbocycles. The zero-order chi connectivity index (χ0) is 18.6. The number of rotatable bonds is 6. The van der Waals surface area contributed by atoms with Crippen molar-refractivity contribution < 1.29 is 18.7 Å². The van der Waals surface area contributed by atoms with Crippen molar-refractivity contribution >= 4 is 11.8 Å². The van der Waals surface area contributed by atoms with Crippen LogP contribution in [-0.2, 0) is 11.4 Å². The van der Waals surface area contributed by atoms with Gasteiger partial charge in [0.25, 0.3) is 5.91 Å². The Morgan fingerprint density at radius 3 is 2.67 bits per heavy atom. The maximum Gasteiger partial charge on any atom is 0.305 e. The fraction of sp³-hybridized carbons (Fsp3) is 0.368. The molecular weight excluding hydrogens is 348 g/mol. The smallest absolute Gasteiger partial charge is 0.305 e. The minimum Gasteiger partial charge on any atom is -0.486 e. The highest BCUT2D eigenvalue weighted by Gasteiger charge is 2.38. The number of hydrogen-bond donors (Lipinski definition) is 4. The zero-order valence-electron chi connectivity index (χ0n) is 14.7. The standard InChI is InChI=1S/C19H22N4O4/c24-18(16-10-15(20-21-16)12-6-7-12)22-23-19(25)17-9-8-14(27-17)11-26-13-4-2-1-3-5-13/h1-5,8-9,12,15-16,20-21H,6-7,10-11H2,(H,22,24)(H,23,25). The minimum atomic E-state index is -0.515. The van der Waals surface area contributed by atoms with Gasteiger partial charge in [-0.25, -0.2) is 5.43 Å². The Bertz CT molecular complexity index is 803. The van der Waals surface area contributed by atoms with E-state index in [1.807, 2.05) is 30.3 Å². The van der Waals surface area contributed by atoms with Gasteiger partial charge < -0.3 is 9.15 Å². The van der Waals surface area contributed by atoms with Gasteiger partial charge in [0.05, 0.1) is 0 Å². The summed E-state index contributed by atoms with van der Waals surface area (Å²) in [6.07, 6.45) is 3.13. The number of amides is 2. The van der Waals surface area contributed by atoms with Crippen LogP contribution in [0.2, 0.25) is 0 Å². The van der Waals surface area contributed by atoms with Gasteiger partial charge in [-0.2, -0.15) is 0 Å². The van der Waals surface area contributed by atoms with Crippen molar-refractivity contribution in [3.63, 3.8) is 0 Å². The molecule has 0 radical (unpaired) electrons. The van der Waals surface area contributed by atoms with E-state index in [1.54, 1.807) is 12.1 Å². The van der Waals surface area contributed by atoms with Crippen LogP contribution >= 0.6 is 0 Å². The maximum absolute atomic E-state index is 12.2. The van der Waals surface area contributed by atoms with E-state index >= 15 is 0 Å². The second kappa shape index (κ2) is 7.81. The average molecular weight is 370 g/mol. The first-order valence-corrected chi connectivity index (χ1v) is 9.07. The van der Waals surface area contributed by atoms with Crippen molar-refractivity contribution in [2.24, 2.45) is 5.92 Å². The second-order valence-electron chi connectivity index (χ2n) is 6.83. The van der Waals surface area contributed by atoms with Gasteiger partial charge in [0.2, 0.25) is 0 Å². The highest BCUT2D eigenvalue weighted by atomic mass is 16.5. The summed E-state index contributed by atoms with van der Waals surface area (Å²) in [6, 6.07) is 12.5. The van der Waals surface area contributed by atoms with Gasteiger partial charge in [0.15, 0.2) is 5.76 Å². The Morgan fingerprint density at radius 1 is 1.07 bits per heavy atom. The molecule has 0 spiro atoms. The number of hydrazine groups is 2. The lowest BCUT2D eigenvalue weighted by molar-refractivity contribution is -0.123. The Balaban J connectivity index is 1.22. The molecule has 8 nitrogen and oxygen atoms in total. The van der Waals surface area contributed by atoms with Crippen molar-refractivity contribution in [3.05, 3.63) is 54.0 Å². The average Bonchev–Trinajstić information content (AvgIpc) is 3.23. The molecule has 1 aromatic heterocycles. The number of ether oxygens (including phenoxy) is 1. The van der Waals surface area contributed by atoms with Gasteiger partial charge in [-0.3, -0.25) is 25.9 Å². The predicted molar refractivity (Wildman–Crippen MR) is 96.3 cm³/mol. The molecule has 1 aliphatic heterocycles. The molecule has 2 heterocycles. The third-order valence-electron chi connectivity index (χ3n) is 4.75. The van der Waals surface area contributed by atoms with Crippen LogP contribution in [-0.4, -0.2) is 23.9 Å². The van der Waals surface area contributed by atoms with Crippen LogP contribution in [0.3, 0.4) is 0 Å². The molecule has 1 saturated heterocycles. The lowest BCUT2D eigenvalue weighted by atomic mass is 10.1. The van der Waals surface area contributed by atoms with E-state index in [9.17, 15) is 9.59 Å². The van der Waals surface area contributed by atoms with Crippen LogP contribution in [0.15, 0.2) is 46.9 Å². The number of furan rings is 1. The lowest BCUT2D eigenvalue weighted by Crippen LogP contribution is -2.50. The van der Waals surface area contributed by atoms with Gasteiger partial charge >= 0.3 is 5.91 Å². The van der Waals surface area contributed by atoms with E-state index in [2.05, 4.69) is 21.7 Å². The molecule has 2 aromatic rings. The summed E-state index contributed by atoms with van der Waals surface area (Å²) < 4.78 is 11.0. The van der Waals surface area contributed by atoms with Crippen LogP contribution in [0.1, 0.15) is 35.6 Å². The van der Waals surface area contributed by atoms with Gasteiger partial charge in [0.1, 0.15) is 24.2 Å². The molecule has 142 valence electrons. The summed E-state index contributed by atoms with van der Waals surface area (Å²) in [4.78, 5) is 24.3. The number of benzene rings is 1. The van der Waals surface area contributed by atoms with E-state index < -0.39 is 5.91 Å². The van der Waals surface area contributed by atoms with Crippen molar-refractivity contribution in [3.8, 4) is 5.75 Å². The number of nitrogens with one attached hydrogen (secondary N) is 4. The van der Waals surface area contributed by atoms with E-state index in [1.165, 1.54) is 12.8 Å². The van der Waals surface area contributed by atoms with E-state index in [4.69, 9.17) is 9.15 Å². The second-order valence-corrected chi connectivity index (χ2v) is 6.83. The molecule has 1 aromatic carbocycles. The third kappa shape index (κ3) is 4.47. The summed E-state index contributed by atoms with van der Waals surface area (Å²) in [5.74, 6) is 1.20. The maximum atomic E-state index is 12.2. The van der Waals surface area contributed by atoms with Crippen molar-refractivity contribution in [1.82, 2.24) is 21.7 Å². The van der Waals surface area contributed by atoms with E-state index in [0.717, 1.165) is 0 Å². The van der Waals surface area contributed by atoms with Crippen LogP contribution in [0.25, 0.3) is 0 Å². The Labute approximate surface area is 156 Å². The number of para-hydroxylation sites is 1. The molecule has 4 rings (SSSR count). The molecule has 0 bridgehead atoms. The fourth-order valence-electron chi connectivity index (χ4n) is 3.08. The largest absolute Gasteiger partial charge is 0.486 e. The van der Waals surface area contributed by atoms with Crippen LogP contribution in [0.5, 0.6) is 5.75 Å². The Morgan fingerprint density at radius 2 is 1.89 bits per heavy atom. The SMILES string of the molecule is O=C(NNC(=O)C1CC(C2CC2)NN1)c1ccc(COc2ccccc2)o1. The predicted octanol–water partition coefficient (Wildman–Crippen LogP) is 1.26. The lowest BCUT2D eigenvalue weighted by Gasteiger charge is -2.10. The molecule has 2 unspecified atom stereocenters. The monoisotopic (exact) mass is 370 g/mol. The first-order chi connectivity index (χ1) is 13.2. The summed E-state index contributed by atoms with van der Waals surface area (Å²) in [5, 5.41) is 0. The first kappa shape index (κ1) is 17.6. The van der Waals surface area contributed by atoms with Gasteiger partial charge in [-0.05, 0) is 49.4 Å². The van der Waals surface area contributed by atoms with Crippen LogP contribution < -0.4 is 26.4 Å². The molecule has 2 amide bonds. The fourth-order valence-corrected chi connectivity index (χ4v) is 3.08. The highest BCUT2D eigenvalue weighted by Crippen LogP contribution is 2.35. The van der Waals surface area contributed by atoms with Gasteiger partial charge in [-0.1, -0.05) is 18.2 Å². The quantitative estimate of drug-likeness (QED) is 0.571. The molecule has 8 heteroatoms. The summed E-state index contributed by atoms with van der Waals surface area (Å²) in [6.45, 7) is 0.212. The summed E-state index contributed by atoms with van der Waals surface area (Å²) in [7, 11) is 0. The van der Waals surface area contributed by atoms with E-state index in [-0.39, 0.29) is 24.3 Å². The molecule has 4 N–H and O–H groups in total. The molecule has 2 fully saturated rings. The van der Waals surface area contributed by atoms with Gasteiger partial charge in [-0.15, -0.1) is 0 Å². The first-order valence-electron chi connectivity index (χ1n) is 9.07. The number of carbonyl (C=O) groups is 2. The van der Waals surface area contributed by atoms with Gasteiger partial charge in [0, 0.05) is 6.04 Å². The number of carbonyl (C=O) groups excluding carboxylic acids is 2. The molecule has 27 heavy (non-hydrogen) atoms. The van der Waals surface area contributed by atoms with Crippen molar-refractivity contribution in [2.75, 3.05) is 0 Å². The molecule has 2 aliphatic rings. The van der Waals surface area contributed by atoms with Crippen LogP contribution in [0.4, 0.5) is 0 Å². The molecule has 1 aliphatic carbocycles. The normalized spacial score (nSPS) is 21.6. The summed E-state index contributed by atoms with van der Waals surface area (Å²) in [5.41, 5.74) is 10.9. The molecule has 2 atom stereocenters. The highest BCUT2D eigenvalue weighted by molar-refractivity contribution is 5.93. The van der Waals surface area contributed by atoms with Crippen molar-refractivity contribution in [1.29, 1.82) is 0 Å². The topological polar surface area (TPSA) is 105 Å². The minimum absolute atomic E-state index is 0.107. The number of hydrogen-bond acceptors (Lipinski definition) is 6. The molecular formula is C19H22N4O4. The zero-order valence-corrected chi connectivity index (χ0v) is 14.7. The Hall–Kier alpha value is -2.84. The third-order valence-corrected chi connectivity index (χ3v) is 4.75. The Kier molecular flexibility index (Phi) is 5.08. The van der Waals surface area contributed by atoms with Crippen LogP contribution in [0, 0.1) is 5.92 Å². The summed E-state index contributed by atoms with van der Waals surface area (Å²) >= 11 is 0. The van der Waals surface area contributed by atoms with E-state index in [0.29, 0.717) is 29.9 Å².